The van der Waals surface area contributed by atoms with Gasteiger partial charge in [-0.05, 0) is 25.7 Å². The quantitative estimate of drug-likeness (QED) is 0.612. The van der Waals surface area contributed by atoms with E-state index in [-0.39, 0.29) is 12.0 Å². The molecule has 0 aromatic rings. The molecule has 0 bridgehead atoms. The molecule has 2 N–H and O–H groups in total. The fourth-order valence-corrected chi connectivity index (χ4v) is 2.98. The highest BCUT2D eigenvalue weighted by atomic mass is 16.5. The van der Waals surface area contributed by atoms with Gasteiger partial charge in [0, 0.05) is 51.4 Å². The van der Waals surface area contributed by atoms with E-state index in [1.54, 1.807) is 7.11 Å². The van der Waals surface area contributed by atoms with Crippen molar-refractivity contribution in [3.63, 3.8) is 0 Å². The highest BCUT2D eigenvalue weighted by Gasteiger charge is 2.36. The maximum atomic E-state index is 9.25. The maximum absolute atomic E-state index is 9.25. The molecular formula is C15H30N2O3. The molecule has 0 amide bonds. The Morgan fingerprint density at radius 3 is 2.85 bits per heavy atom. The summed E-state index contributed by atoms with van der Waals surface area (Å²) in [7, 11) is 1.73. The molecule has 2 fully saturated rings. The molecule has 1 unspecified atom stereocenters. The summed E-state index contributed by atoms with van der Waals surface area (Å²) in [5.41, 5.74) is 0.198. The smallest absolute Gasteiger partial charge is 0.0589 e. The molecule has 1 aliphatic heterocycles. The molecular weight excluding hydrogens is 256 g/mol. The second-order valence-electron chi connectivity index (χ2n) is 6.30. The van der Waals surface area contributed by atoms with Crippen LogP contribution in [0.5, 0.6) is 0 Å². The number of nitrogens with zero attached hydrogens (tertiary/aromatic N) is 1. The van der Waals surface area contributed by atoms with Crippen LogP contribution in [0.25, 0.3) is 0 Å². The van der Waals surface area contributed by atoms with Crippen LogP contribution in [0.4, 0.5) is 0 Å². The lowest BCUT2D eigenvalue weighted by Crippen LogP contribution is -2.50. The summed E-state index contributed by atoms with van der Waals surface area (Å²) in [5, 5.41) is 12.9. The molecule has 1 atom stereocenters. The van der Waals surface area contributed by atoms with Crippen molar-refractivity contribution in [2.45, 2.75) is 31.7 Å². The van der Waals surface area contributed by atoms with Crippen LogP contribution in [-0.4, -0.2) is 75.8 Å². The van der Waals surface area contributed by atoms with Crippen molar-refractivity contribution in [3.05, 3.63) is 0 Å². The van der Waals surface area contributed by atoms with Crippen LogP contribution in [0.1, 0.15) is 25.7 Å². The zero-order valence-electron chi connectivity index (χ0n) is 12.8. The Balaban J connectivity index is 1.88. The normalized spacial score (nSPS) is 27.1. The van der Waals surface area contributed by atoms with Gasteiger partial charge in [-0.15, -0.1) is 0 Å². The van der Waals surface area contributed by atoms with E-state index in [0.717, 1.165) is 45.3 Å². The molecule has 1 heterocycles. The summed E-state index contributed by atoms with van der Waals surface area (Å²) in [6, 6.07) is 0.735. The minimum Gasteiger partial charge on any atom is -0.395 e. The second-order valence-corrected chi connectivity index (χ2v) is 6.30. The zero-order valence-corrected chi connectivity index (χ0v) is 12.8. The van der Waals surface area contributed by atoms with E-state index >= 15 is 0 Å². The Labute approximate surface area is 122 Å². The van der Waals surface area contributed by atoms with Crippen molar-refractivity contribution < 1.29 is 14.6 Å². The standard InChI is InChI=1S/C15H30N2O3/c1-19-10-7-17(6-8-18)12-15(5-2-9-20-13-15)11-16-14-3-4-14/h14,16,18H,2-13H2,1H3. The van der Waals surface area contributed by atoms with Crippen molar-refractivity contribution >= 4 is 0 Å². The van der Waals surface area contributed by atoms with Gasteiger partial charge in [-0.1, -0.05) is 0 Å². The summed E-state index contributed by atoms with van der Waals surface area (Å²) >= 11 is 0. The largest absolute Gasteiger partial charge is 0.395 e. The number of methoxy groups -OCH3 is 1. The summed E-state index contributed by atoms with van der Waals surface area (Å²) in [4.78, 5) is 2.31. The Bertz CT molecular complexity index is 266. The highest BCUT2D eigenvalue weighted by Crippen LogP contribution is 2.31. The van der Waals surface area contributed by atoms with Crippen molar-refractivity contribution in [2.75, 3.05) is 59.7 Å². The summed E-state index contributed by atoms with van der Waals surface area (Å²) in [5.74, 6) is 0. The third-order valence-electron chi connectivity index (χ3n) is 4.33. The lowest BCUT2D eigenvalue weighted by molar-refractivity contribution is -0.0309. The molecule has 5 heteroatoms. The van der Waals surface area contributed by atoms with Crippen LogP contribution < -0.4 is 5.32 Å². The molecule has 118 valence electrons. The molecule has 1 saturated heterocycles. The first-order chi connectivity index (χ1) is 9.78. The average Bonchev–Trinajstić information content (AvgIpc) is 3.28. The van der Waals surface area contributed by atoms with E-state index in [0.29, 0.717) is 13.2 Å². The van der Waals surface area contributed by atoms with Crippen LogP contribution in [0, 0.1) is 5.41 Å². The van der Waals surface area contributed by atoms with E-state index < -0.39 is 0 Å². The first-order valence-corrected chi connectivity index (χ1v) is 7.91. The van der Waals surface area contributed by atoms with Crippen molar-refractivity contribution in [3.8, 4) is 0 Å². The highest BCUT2D eigenvalue weighted by molar-refractivity contribution is 4.91. The first kappa shape index (κ1) is 16.2. The second kappa shape index (κ2) is 8.29. The molecule has 5 nitrogen and oxygen atoms in total. The van der Waals surface area contributed by atoms with Crippen LogP contribution in [0.3, 0.4) is 0 Å². The van der Waals surface area contributed by atoms with Crippen LogP contribution in [-0.2, 0) is 9.47 Å². The van der Waals surface area contributed by atoms with Crippen LogP contribution in [0.15, 0.2) is 0 Å². The summed E-state index contributed by atoms with van der Waals surface area (Å²) < 4.78 is 10.9. The van der Waals surface area contributed by atoms with Crippen molar-refractivity contribution in [2.24, 2.45) is 5.41 Å². The number of aliphatic hydroxyl groups excluding tert-OH is 1. The number of rotatable bonds is 10. The van der Waals surface area contributed by atoms with Gasteiger partial charge in [-0.2, -0.15) is 0 Å². The Morgan fingerprint density at radius 2 is 2.25 bits per heavy atom. The number of ether oxygens (including phenoxy) is 2. The third kappa shape index (κ3) is 5.30. The van der Waals surface area contributed by atoms with Crippen molar-refractivity contribution in [1.29, 1.82) is 0 Å². The van der Waals surface area contributed by atoms with Gasteiger partial charge >= 0.3 is 0 Å². The number of hydrogen-bond acceptors (Lipinski definition) is 5. The van der Waals surface area contributed by atoms with Gasteiger partial charge in [0.1, 0.15) is 0 Å². The molecule has 2 aliphatic rings. The van der Waals surface area contributed by atoms with Gasteiger partial charge in [0.2, 0.25) is 0 Å². The first-order valence-electron chi connectivity index (χ1n) is 7.91. The van der Waals surface area contributed by atoms with E-state index in [9.17, 15) is 5.11 Å². The Kier molecular flexibility index (Phi) is 6.71. The van der Waals surface area contributed by atoms with Gasteiger partial charge < -0.3 is 19.9 Å². The van der Waals surface area contributed by atoms with E-state index in [2.05, 4.69) is 10.2 Å². The molecule has 1 saturated carbocycles. The Morgan fingerprint density at radius 1 is 1.40 bits per heavy atom. The molecule has 0 aromatic carbocycles. The Hall–Kier alpha value is -0.200. The minimum absolute atomic E-state index is 0.198. The van der Waals surface area contributed by atoms with Gasteiger partial charge in [0.15, 0.2) is 0 Å². The molecule has 0 spiro atoms. The SMILES string of the molecule is COCCN(CCO)CC1(CNC2CC2)CCCOC1. The minimum atomic E-state index is 0.198. The topological polar surface area (TPSA) is 54.0 Å². The molecule has 0 aromatic heterocycles. The lowest BCUT2D eigenvalue weighted by atomic mass is 9.81. The predicted molar refractivity (Wildman–Crippen MR) is 78.9 cm³/mol. The number of nitrogens with one attached hydrogen (secondary N) is 1. The summed E-state index contributed by atoms with van der Waals surface area (Å²) in [6.45, 7) is 6.26. The fraction of sp³-hybridized carbons (Fsp3) is 1.00. The zero-order chi connectivity index (χ0) is 14.3. The van der Waals surface area contributed by atoms with Crippen LogP contribution >= 0.6 is 0 Å². The van der Waals surface area contributed by atoms with Gasteiger partial charge in [0.05, 0.1) is 19.8 Å². The van der Waals surface area contributed by atoms with E-state index in [1.807, 2.05) is 0 Å². The fourth-order valence-electron chi connectivity index (χ4n) is 2.98. The molecule has 1 aliphatic carbocycles. The van der Waals surface area contributed by atoms with Gasteiger partial charge in [-0.3, -0.25) is 4.90 Å². The molecule has 0 radical (unpaired) electrons. The monoisotopic (exact) mass is 286 g/mol. The number of hydrogen-bond donors (Lipinski definition) is 2. The number of aliphatic hydroxyl groups is 1. The van der Waals surface area contributed by atoms with Gasteiger partial charge in [-0.25, -0.2) is 0 Å². The summed E-state index contributed by atoms with van der Waals surface area (Å²) in [6.07, 6.45) is 4.99. The lowest BCUT2D eigenvalue weighted by Gasteiger charge is -2.41. The van der Waals surface area contributed by atoms with Crippen molar-refractivity contribution in [1.82, 2.24) is 10.2 Å². The molecule has 20 heavy (non-hydrogen) atoms. The van der Waals surface area contributed by atoms with Gasteiger partial charge in [0.25, 0.3) is 0 Å². The third-order valence-corrected chi connectivity index (χ3v) is 4.33. The van der Waals surface area contributed by atoms with E-state index in [4.69, 9.17) is 9.47 Å². The van der Waals surface area contributed by atoms with E-state index in [1.165, 1.54) is 19.3 Å². The predicted octanol–water partition coefficient (Wildman–Crippen LogP) is 0.476. The van der Waals surface area contributed by atoms with Crippen LogP contribution in [0.2, 0.25) is 0 Å². The average molecular weight is 286 g/mol. The molecule has 2 rings (SSSR count). The maximum Gasteiger partial charge on any atom is 0.0589 e.